The molecule has 2 aromatic rings. The number of carbonyl (C=O) groups is 1. The Hall–Kier alpha value is -2.36. The zero-order valence-electron chi connectivity index (χ0n) is 12.0. The number of fused-ring (bicyclic) bond motifs is 1. The highest BCUT2D eigenvalue weighted by Crippen LogP contribution is 2.35. The number of rotatable bonds is 3. The Balaban J connectivity index is 2.14. The van der Waals surface area contributed by atoms with Crippen molar-refractivity contribution >= 4 is 11.5 Å². The Labute approximate surface area is 123 Å². The van der Waals surface area contributed by atoms with Crippen molar-refractivity contribution in [3.05, 3.63) is 53.4 Å². The first kappa shape index (κ1) is 13.6. The van der Waals surface area contributed by atoms with E-state index >= 15 is 0 Å². The second kappa shape index (κ2) is 5.56. The predicted octanol–water partition coefficient (Wildman–Crippen LogP) is 3.46. The van der Waals surface area contributed by atoms with Gasteiger partial charge in [0.05, 0.1) is 17.6 Å². The smallest absolute Gasteiger partial charge is 0.331 e. The maximum absolute atomic E-state index is 11.4. The number of aliphatic carboxylic acids is 1. The molecular formula is C17H18N2O2. The summed E-state index contributed by atoms with van der Waals surface area (Å²) in [7, 11) is 0. The molecule has 4 nitrogen and oxygen atoms in total. The van der Waals surface area contributed by atoms with E-state index in [0.29, 0.717) is 12.0 Å². The van der Waals surface area contributed by atoms with E-state index in [2.05, 4.69) is 5.10 Å². The minimum atomic E-state index is -0.812. The van der Waals surface area contributed by atoms with Gasteiger partial charge in [0.2, 0.25) is 0 Å². The van der Waals surface area contributed by atoms with Gasteiger partial charge in [-0.25, -0.2) is 9.48 Å². The fraction of sp³-hybridized carbons (Fsp3) is 0.294. The van der Waals surface area contributed by atoms with Gasteiger partial charge >= 0.3 is 5.97 Å². The molecule has 1 aromatic heterocycles. The van der Waals surface area contributed by atoms with Crippen LogP contribution in [0, 0.1) is 0 Å². The molecule has 0 saturated heterocycles. The molecule has 0 fully saturated rings. The fourth-order valence-corrected chi connectivity index (χ4v) is 3.03. The molecule has 0 bridgehead atoms. The second-order valence-corrected chi connectivity index (χ2v) is 5.22. The topological polar surface area (TPSA) is 55.1 Å². The van der Waals surface area contributed by atoms with Crippen molar-refractivity contribution in [2.45, 2.75) is 32.6 Å². The van der Waals surface area contributed by atoms with Gasteiger partial charge in [-0.3, -0.25) is 0 Å². The first-order valence-electron chi connectivity index (χ1n) is 7.30. The van der Waals surface area contributed by atoms with Crippen LogP contribution < -0.4 is 0 Å². The highest BCUT2D eigenvalue weighted by molar-refractivity contribution is 5.96. The standard InChI is InChI=1S/C17H18N2O2/c1-2-13(17(20)21)14-9-6-10-16-15(14)11-18-19(16)12-7-4-3-5-8-12/h3-5,7-8,11H,2,6,9-10H2,1H3,(H,20,21)/b14-13-. The van der Waals surface area contributed by atoms with Crippen LogP contribution in [-0.4, -0.2) is 20.9 Å². The number of allylic oxidation sites excluding steroid dienone is 1. The first-order valence-corrected chi connectivity index (χ1v) is 7.30. The summed E-state index contributed by atoms with van der Waals surface area (Å²) >= 11 is 0. The lowest BCUT2D eigenvalue weighted by Crippen LogP contribution is -2.11. The number of benzene rings is 1. The van der Waals surface area contributed by atoms with E-state index in [0.717, 1.165) is 41.8 Å². The summed E-state index contributed by atoms with van der Waals surface area (Å²) in [5.74, 6) is -0.812. The largest absolute Gasteiger partial charge is 0.478 e. The lowest BCUT2D eigenvalue weighted by molar-refractivity contribution is -0.132. The second-order valence-electron chi connectivity index (χ2n) is 5.22. The van der Waals surface area contributed by atoms with E-state index in [4.69, 9.17) is 0 Å². The van der Waals surface area contributed by atoms with Gasteiger partial charge in [0, 0.05) is 11.1 Å². The molecule has 0 atom stereocenters. The number of para-hydroxylation sites is 1. The molecule has 1 aliphatic rings. The van der Waals surface area contributed by atoms with E-state index in [1.807, 2.05) is 48.1 Å². The molecule has 1 N–H and O–H groups in total. The summed E-state index contributed by atoms with van der Waals surface area (Å²) in [6, 6.07) is 9.98. The molecule has 1 aliphatic carbocycles. The summed E-state index contributed by atoms with van der Waals surface area (Å²) in [6.45, 7) is 1.90. The minimum absolute atomic E-state index is 0.517. The first-order chi connectivity index (χ1) is 10.2. The monoisotopic (exact) mass is 282 g/mol. The van der Waals surface area contributed by atoms with Crippen molar-refractivity contribution < 1.29 is 9.90 Å². The molecule has 0 unspecified atom stereocenters. The van der Waals surface area contributed by atoms with Crippen molar-refractivity contribution in [3.8, 4) is 5.69 Å². The van der Waals surface area contributed by atoms with Crippen molar-refractivity contribution in [2.75, 3.05) is 0 Å². The zero-order valence-corrected chi connectivity index (χ0v) is 12.0. The van der Waals surface area contributed by atoms with Gasteiger partial charge in [-0.2, -0.15) is 5.10 Å². The van der Waals surface area contributed by atoms with E-state index in [9.17, 15) is 9.90 Å². The summed E-state index contributed by atoms with van der Waals surface area (Å²) in [6.07, 6.45) is 5.08. The van der Waals surface area contributed by atoms with Crippen LogP contribution in [0.1, 0.15) is 37.4 Å². The lowest BCUT2D eigenvalue weighted by Gasteiger charge is -2.19. The highest BCUT2D eigenvalue weighted by atomic mass is 16.4. The molecule has 1 heterocycles. The van der Waals surface area contributed by atoms with E-state index < -0.39 is 5.97 Å². The van der Waals surface area contributed by atoms with Gasteiger partial charge in [-0.1, -0.05) is 25.1 Å². The fourth-order valence-electron chi connectivity index (χ4n) is 3.03. The molecule has 0 aliphatic heterocycles. The van der Waals surface area contributed by atoms with Crippen LogP contribution in [0.3, 0.4) is 0 Å². The summed E-state index contributed by atoms with van der Waals surface area (Å²) < 4.78 is 1.93. The average molecular weight is 282 g/mol. The zero-order chi connectivity index (χ0) is 14.8. The average Bonchev–Trinajstić information content (AvgIpc) is 2.93. The molecule has 0 saturated carbocycles. The Bertz CT molecular complexity index is 699. The third-order valence-electron chi connectivity index (χ3n) is 4.01. The van der Waals surface area contributed by atoms with Crippen LogP contribution in [0.5, 0.6) is 0 Å². The molecule has 0 radical (unpaired) electrons. The summed E-state index contributed by atoms with van der Waals surface area (Å²) in [4.78, 5) is 11.4. The molecule has 3 rings (SSSR count). The van der Waals surface area contributed by atoms with Crippen molar-refractivity contribution in [2.24, 2.45) is 0 Å². The van der Waals surface area contributed by atoms with E-state index in [-0.39, 0.29) is 0 Å². The normalized spacial score (nSPS) is 16.4. The third kappa shape index (κ3) is 2.37. The Morgan fingerprint density at radius 1 is 1.29 bits per heavy atom. The quantitative estimate of drug-likeness (QED) is 0.877. The van der Waals surface area contributed by atoms with Crippen molar-refractivity contribution in [3.63, 3.8) is 0 Å². The van der Waals surface area contributed by atoms with Crippen LogP contribution in [0.15, 0.2) is 42.1 Å². The maximum Gasteiger partial charge on any atom is 0.331 e. The number of hydrogen-bond donors (Lipinski definition) is 1. The lowest BCUT2D eigenvalue weighted by atomic mass is 9.88. The van der Waals surface area contributed by atoms with Gasteiger partial charge in [-0.05, 0) is 43.4 Å². The Kier molecular flexibility index (Phi) is 3.60. The SMILES string of the molecule is CC/C(C(=O)O)=C1\CCCc2c1cnn2-c1ccccc1. The third-order valence-corrected chi connectivity index (χ3v) is 4.01. The molecule has 21 heavy (non-hydrogen) atoms. The van der Waals surface area contributed by atoms with Crippen LogP contribution in [0.2, 0.25) is 0 Å². The number of nitrogens with zero attached hydrogens (tertiary/aromatic N) is 2. The van der Waals surface area contributed by atoms with Crippen LogP contribution in [0.25, 0.3) is 11.3 Å². The maximum atomic E-state index is 11.4. The highest BCUT2D eigenvalue weighted by Gasteiger charge is 2.24. The van der Waals surface area contributed by atoms with E-state index in [1.165, 1.54) is 0 Å². The summed E-state index contributed by atoms with van der Waals surface area (Å²) in [5.41, 5.74) is 4.62. The number of aromatic nitrogens is 2. The number of carboxylic acids is 1. The van der Waals surface area contributed by atoms with Crippen LogP contribution in [-0.2, 0) is 11.2 Å². The molecule has 1 aromatic carbocycles. The van der Waals surface area contributed by atoms with Crippen molar-refractivity contribution in [1.29, 1.82) is 0 Å². The van der Waals surface area contributed by atoms with Gasteiger partial charge in [-0.15, -0.1) is 0 Å². The van der Waals surface area contributed by atoms with E-state index in [1.54, 1.807) is 0 Å². The molecule has 4 heteroatoms. The van der Waals surface area contributed by atoms with Crippen molar-refractivity contribution in [1.82, 2.24) is 9.78 Å². The number of carboxylic acid groups (broad SMARTS) is 1. The van der Waals surface area contributed by atoms with Gasteiger partial charge < -0.3 is 5.11 Å². The predicted molar refractivity (Wildman–Crippen MR) is 81.3 cm³/mol. The Morgan fingerprint density at radius 2 is 2.05 bits per heavy atom. The van der Waals surface area contributed by atoms with Gasteiger partial charge in [0.1, 0.15) is 0 Å². The molecule has 0 spiro atoms. The summed E-state index contributed by atoms with van der Waals surface area (Å²) in [5, 5.41) is 13.9. The molecule has 108 valence electrons. The van der Waals surface area contributed by atoms with Gasteiger partial charge in [0.15, 0.2) is 0 Å². The Morgan fingerprint density at radius 3 is 2.71 bits per heavy atom. The van der Waals surface area contributed by atoms with Crippen LogP contribution >= 0.6 is 0 Å². The molecular weight excluding hydrogens is 264 g/mol. The van der Waals surface area contributed by atoms with Gasteiger partial charge in [0.25, 0.3) is 0 Å². The van der Waals surface area contributed by atoms with Crippen LogP contribution in [0.4, 0.5) is 0 Å². The number of hydrogen-bond acceptors (Lipinski definition) is 2. The molecule has 0 amide bonds. The minimum Gasteiger partial charge on any atom is -0.478 e.